The Labute approximate surface area is 194 Å². The van der Waals surface area contributed by atoms with Crippen LogP contribution in [0.25, 0.3) is 0 Å². The average molecular weight is 462 g/mol. The van der Waals surface area contributed by atoms with Crippen molar-refractivity contribution < 1.29 is 9.18 Å². The fraction of sp³-hybridized carbons (Fsp3) is 0.120. The standard InChI is InChI=1S/C25H20FN3OS2/c1-15-8-11-18(14-16(15)2)27-25-29(19-12-9-17(26)10-13-19)23(30)22(32-25)24-28(3)20-6-4-5-7-21(20)31-24/h4-14H,1-3H3/b24-22-,27-25?. The Morgan fingerprint density at radius 3 is 2.38 bits per heavy atom. The molecule has 160 valence electrons. The summed E-state index contributed by atoms with van der Waals surface area (Å²) in [6.45, 7) is 4.09. The van der Waals surface area contributed by atoms with Crippen LogP contribution in [0.3, 0.4) is 0 Å². The predicted octanol–water partition coefficient (Wildman–Crippen LogP) is 6.62. The van der Waals surface area contributed by atoms with Crippen LogP contribution in [0.1, 0.15) is 11.1 Å². The summed E-state index contributed by atoms with van der Waals surface area (Å²) in [5.41, 5.74) is 4.75. The number of carbonyl (C=O) groups excluding carboxylic acids is 1. The predicted molar refractivity (Wildman–Crippen MR) is 132 cm³/mol. The summed E-state index contributed by atoms with van der Waals surface area (Å²) >= 11 is 2.93. The van der Waals surface area contributed by atoms with Crippen LogP contribution in [-0.4, -0.2) is 18.1 Å². The first-order valence-electron chi connectivity index (χ1n) is 10.1. The number of benzene rings is 3. The van der Waals surface area contributed by atoms with Gasteiger partial charge < -0.3 is 4.90 Å². The maximum absolute atomic E-state index is 13.6. The summed E-state index contributed by atoms with van der Waals surface area (Å²) in [6.07, 6.45) is 0. The molecule has 0 saturated carbocycles. The van der Waals surface area contributed by atoms with Crippen molar-refractivity contribution >= 4 is 51.7 Å². The van der Waals surface area contributed by atoms with Crippen molar-refractivity contribution in [1.29, 1.82) is 0 Å². The number of carbonyl (C=O) groups is 1. The number of para-hydroxylation sites is 1. The highest BCUT2D eigenvalue weighted by Gasteiger charge is 2.40. The molecule has 0 unspecified atom stereocenters. The number of rotatable bonds is 2. The maximum atomic E-state index is 13.6. The van der Waals surface area contributed by atoms with Gasteiger partial charge >= 0.3 is 0 Å². The Balaban J connectivity index is 1.62. The van der Waals surface area contributed by atoms with Gasteiger partial charge in [-0.2, -0.15) is 0 Å². The number of halogens is 1. The lowest BCUT2D eigenvalue weighted by atomic mass is 10.1. The molecule has 0 bridgehead atoms. The summed E-state index contributed by atoms with van der Waals surface area (Å²) in [5, 5.41) is 1.43. The Hall–Kier alpha value is -3.03. The zero-order chi connectivity index (χ0) is 22.4. The molecule has 32 heavy (non-hydrogen) atoms. The molecule has 0 aromatic heterocycles. The van der Waals surface area contributed by atoms with E-state index in [1.165, 1.54) is 29.5 Å². The number of fused-ring (bicyclic) bond motifs is 1. The first-order valence-corrected chi connectivity index (χ1v) is 11.7. The van der Waals surface area contributed by atoms with E-state index in [9.17, 15) is 9.18 Å². The molecule has 0 atom stereocenters. The molecule has 0 N–H and O–H groups in total. The third kappa shape index (κ3) is 3.61. The van der Waals surface area contributed by atoms with Crippen molar-refractivity contribution in [1.82, 2.24) is 0 Å². The molecule has 3 aromatic rings. The van der Waals surface area contributed by atoms with Gasteiger partial charge in [-0.15, -0.1) is 0 Å². The fourth-order valence-corrected chi connectivity index (χ4v) is 5.95. The molecule has 0 aliphatic carbocycles. The van der Waals surface area contributed by atoms with Gasteiger partial charge in [0, 0.05) is 11.9 Å². The third-order valence-electron chi connectivity index (χ3n) is 5.51. The minimum Gasteiger partial charge on any atom is -0.337 e. The summed E-state index contributed by atoms with van der Waals surface area (Å²) < 4.78 is 13.6. The van der Waals surface area contributed by atoms with E-state index >= 15 is 0 Å². The minimum absolute atomic E-state index is 0.161. The van der Waals surface area contributed by atoms with Crippen LogP contribution in [0.2, 0.25) is 0 Å². The Morgan fingerprint density at radius 2 is 1.66 bits per heavy atom. The van der Waals surface area contributed by atoms with Crippen LogP contribution in [0, 0.1) is 19.7 Å². The number of hydrogen-bond donors (Lipinski definition) is 0. The second kappa shape index (κ2) is 8.15. The van der Waals surface area contributed by atoms with Crippen LogP contribution in [0.4, 0.5) is 21.5 Å². The SMILES string of the molecule is Cc1ccc(N=C2S/C(=C3\Sc4ccccc4N3C)C(=O)N2c2ccc(F)cc2)cc1C. The highest BCUT2D eigenvalue weighted by atomic mass is 32.2. The van der Waals surface area contributed by atoms with Gasteiger partial charge in [0.2, 0.25) is 0 Å². The van der Waals surface area contributed by atoms with Crippen LogP contribution < -0.4 is 9.80 Å². The molecule has 0 spiro atoms. The summed E-state index contributed by atoms with van der Waals surface area (Å²) in [6, 6.07) is 20.0. The molecule has 0 radical (unpaired) electrons. The van der Waals surface area contributed by atoms with Crippen LogP contribution >= 0.6 is 23.5 Å². The van der Waals surface area contributed by atoms with Crippen molar-refractivity contribution in [2.45, 2.75) is 18.7 Å². The fourth-order valence-electron chi connectivity index (χ4n) is 3.60. The van der Waals surface area contributed by atoms with E-state index in [4.69, 9.17) is 4.99 Å². The van der Waals surface area contributed by atoms with Gasteiger partial charge in [0.1, 0.15) is 10.7 Å². The molecular formula is C25H20FN3OS2. The first-order chi connectivity index (χ1) is 15.4. The zero-order valence-corrected chi connectivity index (χ0v) is 19.4. The highest BCUT2D eigenvalue weighted by Crippen LogP contribution is 2.50. The number of nitrogens with zero attached hydrogens (tertiary/aromatic N) is 3. The monoisotopic (exact) mass is 461 g/mol. The van der Waals surface area contributed by atoms with Crippen LogP contribution in [0.15, 0.2) is 86.6 Å². The Kier molecular flexibility index (Phi) is 5.31. The average Bonchev–Trinajstić information content (AvgIpc) is 3.28. The van der Waals surface area contributed by atoms with E-state index in [-0.39, 0.29) is 11.7 Å². The van der Waals surface area contributed by atoms with Crippen molar-refractivity contribution in [3.8, 4) is 0 Å². The smallest absolute Gasteiger partial charge is 0.274 e. The largest absolute Gasteiger partial charge is 0.337 e. The highest BCUT2D eigenvalue weighted by molar-refractivity contribution is 8.20. The molecule has 2 heterocycles. The van der Waals surface area contributed by atoms with E-state index in [2.05, 4.69) is 13.0 Å². The number of anilines is 2. The summed E-state index contributed by atoms with van der Waals surface area (Å²) in [5.74, 6) is -0.507. The summed E-state index contributed by atoms with van der Waals surface area (Å²) in [7, 11) is 1.97. The van der Waals surface area contributed by atoms with Crippen molar-refractivity contribution in [2.24, 2.45) is 4.99 Å². The van der Waals surface area contributed by atoms with Gasteiger partial charge in [-0.3, -0.25) is 9.69 Å². The molecule has 2 aliphatic heterocycles. The molecule has 5 rings (SSSR count). The number of aryl methyl sites for hydroxylation is 2. The second-order valence-electron chi connectivity index (χ2n) is 7.65. The number of aliphatic imine (C=N–C) groups is 1. The summed E-state index contributed by atoms with van der Waals surface area (Å²) in [4.78, 5) is 23.8. The van der Waals surface area contributed by atoms with E-state index in [0.717, 1.165) is 26.9 Å². The molecule has 1 saturated heterocycles. The maximum Gasteiger partial charge on any atom is 0.274 e. The minimum atomic E-state index is -0.346. The Morgan fingerprint density at radius 1 is 0.906 bits per heavy atom. The molecular weight excluding hydrogens is 441 g/mol. The van der Waals surface area contributed by atoms with Gasteiger partial charge in [-0.1, -0.05) is 30.0 Å². The molecule has 3 aromatic carbocycles. The number of amidine groups is 1. The lowest BCUT2D eigenvalue weighted by Crippen LogP contribution is -2.29. The molecule has 1 amide bonds. The van der Waals surface area contributed by atoms with Gasteiger partial charge in [-0.05, 0) is 85.3 Å². The quantitative estimate of drug-likeness (QED) is 0.402. The van der Waals surface area contributed by atoms with Crippen LogP contribution in [0.5, 0.6) is 0 Å². The van der Waals surface area contributed by atoms with E-state index in [1.54, 1.807) is 28.8 Å². The topological polar surface area (TPSA) is 35.9 Å². The van der Waals surface area contributed by atoms with Gasteiger partial charge in [0.05, 0.1) is 22.1 Å². The van der Waals surface area contributed by atoms with Crippen molar-refractivity contribution in [3.05, 3.63) is 93.6 Å². The van der Waals surface area contributed by atoms with Crippen molar-refractivity contribution in [3.63, 3.8) is 0 Å². The zero-order valence-electron chi connectivity index (χ0n) is 17.8. The Bertz CT molecular complexity index is 1300. The lowest BCUT2D eigenvalue weighted by molar-refractivity contribution is -0.113. The normalized spacial score (nSPS) is 19.2. The van der Waals surface area contributed by atoms with E-state index < -0.39 is 0 Å². The number of amides is 1. The van der Waals surface area contributed by atoms with Gasteiger partial charge in [0.25, 0.3) is 5.91 Å². The first kappa shape index (κ1) is 20.8. The van der Waals surface area contributed by atoms with Crippen LogP contribution in [-0.2, 0) is 4.79 Å². The number of hydrogen-bond acceptors (Lipinski definition) is 5. The molecule has 7 heteroatoms. The lowest BCUT2D eigenvalue weighted by Gasteiger charge is -2.17. The number of thioether (sulfide) groups is 2. The third-order valence-corrected chi connectivity index (χ3v) is 7.91. The molecule has 4 nitrogen and oxygen atoms in total. The van der Waals surface area contributed by atoms with E-state index in [0.29, 0.717) is 15.8 Å². The van der Waals surface area contributed by atoms with Gasteiger partial charge in [0.15, 0.2) is 5.17 Å². The second-order valence-corrected chi connectivity index (χ2v) is 9.65. The van der Waals surface area contributed by atoms with Crippen molar-refractivity contribution in [2.75, 3.05) is 16.8 Å². The van der Waals surface area contributed by atoms with E-state index in [1.807, 2.05) is 55.3 Å². The van der Waals surface area contributed by atoms with Gasteiger partial charge in [-0.25, -0.2) is 9.38 Å². The molecule has 1 fully saturated rings. The molecule has 2 aliphatic rings.